The van der Waals surface area contributed by atoms with E-state index in [0.29, 0.717) is 5.92 Å². The molecule has 1 N–H and O–H groups in total. The number of hydrogen-bond acceptors (Lipinski definition) is 1. The van der Waals surface area contributed by atoms with Crippen molar-refractivity contribution in [3.63, 3.8) is 0 Å². The van der Waals surface area contributed by atoms with E-state index in [0.717, 1.165) is 6.42 Å². The van der Waals surface area contributed by atoms with E-state index in [9.17, 15) is 5.11 Å². The highest BCUT2D eigenvalue weighted by atomic mass is 16.3. The molecule has 0 radical (unpaired) electrons. The van der Waals surface area contributed by atoms with Crippen molar-refractivity contribution in [2.75, 3.05) is 0 Å². The standard InChI is InChI=1S/C10H20O/c1-7-6-9(2,3)8(11)10(7,4)5/h7-8,11H,6H2,1-5H3/t7-,8?/m0/s1. The average molecular weight is 156 g/mol. The van der Waals surface area contributed by atoms with Gasteiger partial charge in [0, 0.05) is 0 Å². The second-order valence-corrected chi connectivity index (χ2v) is 5.32. The predicted molar refractivity (Wildman–Crippen MR) is 47.3 cm³/mol. The molecule has 0 aromatic rings. The van der Waals surface area contributed by atoms with Crippen LogP contribution in [0.5, 0.6) is 0 Å². The SMILES string of the molecule is C[C@H]1CC(C)(C)C(O)C1(C)C. The van der Waals surface area contributed by atoms with Gasteiger partial charge in [-0.15, -0.1) is 0 Å². The molecule has 0 heterocycles. The van der Waals surface area contributed by atoms with Crippen LogP contribution >= 0.6 is 0 Å². The zero-order valence-corrected chi connectivity index (χ0v) is 8.31. The first kappa shape index (κ1) is 9.05. The van der Waals surface area contributed by atoms with Gasteiger partial charge in [0.15, 0.2) is 0 Å². The van der Waals surface area contributed by atoms with Crippen LogP contribution in [0.25, 0.3) is 0 Å². The summed E-state index contributed by atoms with van der Waals surface area (Å²) in [7, 11) is 0. The van der Waals surface area contributed by atoms with Crippen molar-refractivity contribution in [1.29, 1.82) is 0 Å². The lowest BCUT2D eigenvalue weighted by atomic mass is 9.79. The van der Waals surface area contributed by atoms with E-state index in [-0.39, 0.29) is 16.9 Å². The summed E-state index contributed by atoms with van der Waals surface area (Å²) >= 11 is 0. The summed E-state index contributed by atoms with van der Waals surface area (Å²) in [5.74, 6) is 0.632. The van der Waals surface area contributed by atoms with Crippen LogP contribution in [0.2, 0.25) is 0 Å². The van der Waals surface area contributed by atoms with Crippen LogP contribution in [0, 0.1) is 16.7 Å². The van der Waals surface area contributed by atoms with Gasteiger partial charge in [-0.1, -0.05) is 34.6 Å². The third-order valence-corrected chi connectivity index (χ3v) is 3.55. The highest BCUT2D eigenvalue weighted by Gasteiger charge is 2.50. The second-order valence-electron chi connectivity index (χ2n) is 5.32. The van der Waals surface area contributed by atoms with Gasteiger partial charge in [0.2, 0.25) is 0 Å². The van der Waals surface area contributed by atoms with Gasteiger partial charge in [-0.3, -0.25) is 0 Å². The summed E-state index contributed by atoms with van der Waals surface area (Å²) in [6.07, 6.45) is 0.992. The molecule has 1 fully saturated rings. The Morgan fingerprint density at radius 2 is 1.64 bits per heavy atom. The van der Waals surface area contributed by atoms with Crippen LogP contribution < -0.4 is 0 Å². The van der Waals surface area contributed by atoms with E-state index in [1.807, 2.05) is 0 Å². The summed E-state index contributed by atoms with van der Waals surface area (Å²) in [4.78, 5) is 0. The highest BCUT2D eigenvalue weighted by molar-refractivity contribution is 5.00. The van der Waals surface area contributed by atoms with Crippen LogP contribution in [-0.2, 0) is 0 Å². The summed E-state index contributed by atoms with van der Waals surface area (Å²) < 4.78 is 0. The van der Waals surface area contributed by atoms with Crippen molar-refractivity contribution in [1.82, 2.24) is 0 Å². The van der Waals surface area contributed by atoms with Gasteiger partial charge in [0.25, 0.3) is 0 Å². The fraction of sp³-hybridized carbons (Fsp3) is 1.00. The number of aliphatic hydroxyl groups is 1. The van der Waals surface area contributed by atoms with Gasteiger partial charge in [0.05, 0.1) is 6.10 Å². The van der Waals surface area contributed by atoms with Crippen molar-refractivity contribution < 1.29 is 5.11 Å². The minimum atomic E-state index is -0.148. The van der Waals surface area contributed by atoms with Crippen molar-refractivity contribution in [3.05, 3.63) is 0 Å². The molecule has 1 aliphatic rings. The lowest BCUT2D eigenvalue weighted by molar-refractivity contribution is 0.00139. The summed E-state index contributed by atoms with van der Waals surface area (Å²) in [6, 6.07) is 0. The Morgan fingerprint density at radius 1 is 1.18 bits per heavy atom. The Bertz CT molecular complexity index is 158. The fourth-order valence-corrected chi connectivity index (χ4v) is 2.44. The van der Waals surface area contributed by atoms with E-state index in [2.05, 4.69) is 34.6 Å². The molecule has 0 amide bonds. The maximum Gasteiger partial charge on any atom is 0.0644 e. The zero-order chi connectivity index (χ0) is 8.86. The molecule has 0 aliphatic heterocycles. The third-order valence-electron chi connectivity index (χ3n) is 3.55. The Morgan fingerprint density at radius 3 is 1.73 bits per heavy atom. The van der Waals surface area contributed by atoms with Gasteiger partial charge in [0.1, 0.15) is 0 Å². The molecule has 66 valence electrons. The maximum absolute atomic E-state index is 9.96. The van der Waals surface area contributed by atoms with Crippen LogP contribution in [0.3, 0.4) is 0 Å². The van der Waals surface area contributed by atoms with Gasteiger partial charge >= 0.3 is 0 Å². The first-order valence-electron chi connectivity index (χ1n) is 4.46. The van der Waals surface area contributed by atoms with Crippen LogP contribution in [0.15, 0.2) is 0 Å². The second kappa shape index (κ2) is 2.22. The molecular weight excluding hydrogens is 136 g/mol. The normalized spacial score (nSPS) is 40.9. The lowest BCUT2D eigenvalue weighted by Gasteiger charge is -2.31. The molecule has 1 rings (SSSR count). The molecule has 0 aromatic heterocycles. The molecule has 11 heavy (non-hydrogen) atoms. The molecule has 0 bridgehead atoms. The molecule has 1 heteroatoms. The van der Waals surface area contributed by atoms with E-state index in [1.54, 1.807) is 0 Å². The van der Waals surface area contributed by atoms with Crippen molar-refractivity contribution in [2.45, 2.75) is 47.1 Å². The van der Waals surface area contributed by atoms with Gasteiger partial charge in [-0.25, -0.2) is 0 Å². The van der Waals surface area contributed by atoms with Crippen molar-refractivity contribution in [3.8, 4) is 0 Å². The molecule has 0 aromatic carbocycles. The lowest BCUT2D eigenvalue weighted by Crippen LogP contribution is -2.34. The average Bonchev–Trinajstić information content (AvgIpc) is 1.94. The fourth-order valence-electron chi connectivity index (χ4n) is 2.44. The Hall–Kier alpha value is -0.0400. The molecule has 1 aliphatic carbocycles. The van der Waals surface area contributed by atoms with E-state index < -0.39 is 0 Å². The molecule has 0 saturated heterocycles. The van der Waals surface area contributed by atoms with Crippen molar-refractivity contribution in [2.24, 2.45) is 16.7 Å². The quantitative estimate of drug-likeness (QED) is 0.571. The summed E-state index contributed by atoms with van der Waals surface area (Å²) in [6.45, 7) is 10.9. The molecule has 2 atom stereocenters. The number of rotatable bonds is 0. The first-order chi connectivity index (χ1) is 4.78. The first-order valence-corrected chi connectivity index (χ1v) is 4.46. The minimum Gasteiger partial charge on any atom is -0.392 e. The Labute approximate surface area is 69.8 Å². The highest BCUT2D eigenvalue weighted by Crippen LogP contribution is 2.52. The maximum atomic E-state index is 9.96. The van der Waals surface area contributed by atoms with Gasteiger partial charge < -0.3 is 5.11 Å². The predicted octanol–water partition coefficient (Wildman–Crippen LogP) is 2.44. The van der Waals surface area contributed by atoms with Crippen molar-refractivity contribution >= 4 is 0 Å². The zero-order valence-electron chi connectivity index (χ0n) is 8.31. The third kappa shape index (κ3) is 1.20. The molecule has 0 spiro atoms. The largest absolute Gasteiger partial charge is 0.392 e. The molecular formula is C10H20O. The molecule has 1 unspecified atom stereocenters. The summed E-state index contributed by atoms with van der Waals surface area (Å²) in [5.41, 5.74) is 0.215. The summed E-state index contributed by atoms with van der Waals surface area (Å²) in [5, 5.41) is 9.96. The topological polar surface area (TPSA) is 20.2 Å². The molecule has 1 nitrogen and oxygen atoms in total. The number of aliphatic hydroxyl groups excluding tert-OH is 1. The van der Waals surface area contributed by atoms with Crippen LogP contribution in [0.4, 0.5) is 0 Å². The monoisotopic (exact) mass is 156 g/mol. The minimum absolute atomic E-state index is 0.101. The van der Waals surface area contributed by atoms with E-state index in [4.69, 9.17) is 0 Å². The van der Waals surface area contributed by atoms with Gasteiger partial charge in [-0.05, 0) is 23.2 Å². The molecule has 1 saturated carbocycles. The van der Waals surface area contributed by atoms with Crippen LogP contribution in [-0.4, -0.2) is 11.2 Å². The van der Waals surface area contributed by atoms with Gasteiger partial charge in [-0.2, -0.15) is 0 Å². The van der Waals surface area contributed by atoms with E-state index in [1.165, 1.54) is 0 Å². The smallest absolute Gasteiger partial charge is 0.0644 e. The Kier molecular flexibility index (Phi) is 1.83. The van der Waals surface area contributed by atoms with Crippen LogP contribution in [0.1, 0.15) is 41.0 Å². The Balaban J connectivity index is 2.89. The number of hydrogen-bond donors (Lipinski definition) is 1. The van der Waals surface area contributed by atoms with E-state index >= 15 is 0 Å².